The number of imide groups is 1. The second-order valence-electron chi connectivity index (χ2n) is 4.92. The molecule has 19 heavy (non-hydrogen) atoms. The van der Waals surface area contributed by atoms with Crippen LogP contribution in [0.1, 0.15) is 31.2 Å². The number of benzene rings is 1. The largest absolute Gasteiger partial charge is 0.296 e. The van der Waals surface area contributed by atoms with E-state index in [9.17, 15) is 9.59 Å². The molecule has 0 spiro atoms. The summed E-state index contributed by atoms with van der Waals surface area (Å²) >= 11 is 1.68. The Morgan fingerprint density at radius 1 is 1.32 bits per heavy atom. The van der Waals surface area contributed by atoms with E-state index in [2.05, 4.69) is 22.8 Å². The number of carbonyl (C=O) groups excluding carboxylic acids is 2. The number of amides is 2. The van der Waals surface area contributed by atoms with E-state index in [0.717, 1.165) is 12.0 Å². The van der Waals surface area contributed by atoms with Crippen LogP contribution in [0.2, 0.25) is 0 Å². The number of rotatable bonds is 2. The molecular weight excluding hydrogens is 258 g/mol. The van der Waals surface area contributed by atoms with Crippen LogP contribution in [-0.4, -0.2) is 11.8 Å². The van der Waals surface area contributed by atoms with Gasteiger partial charge in [-0.3, -0.25) is 14.9 Å². The van der Waals surface area contributed by atoms with Crippen molar-refractivity contribution in [3.05, 3.63) is 35.2 Å². The first-order valence-electron chi connectivity index (χ1n) is 6.50. The van der Waals surface area contributed by atoms with Crippen LogP contribution in [0.25, 0.3) is 10.1 Å². The van der Waals surface area contributed by atoms with Crippen molar-refractivity contribution in [2.75, 3.05) is 0 Å². The van der Waals surface area contributed by atoms with Crippen molar-refractivity contribution in [2.45, 2.75) is 25.7 Å². The van der Waals surface area contributed by atoms with Crippen molar-refractivity contribution in [3.8, 4) is 0 Å². The third-order valence-corrected chi connectivity index (χ3v) is 4.82. The highest BCUT2D eigenvalue weighted by Crippen LogP contribution is 2.39. The molecule has 1 fully saturated rings. The zero-order valence-electron chi connectivity index (χ0n) is 10.7. The molecular formula is C15H15NO2S. The Labute approximate surface area is 115 Å². The minimum absolute atomic E-state index is 0.0161. The molecule has 1 aromatic heterocycles. The number of hydrogen-bond donors (Lipinski definition) is 1. The molecule has 1 N–H and O–H groups in total. The van der Waals surface area contributed by atoms with Gasteiger partial charge in [0.1, 0.15) is 0 Å². The molecule has 1 saturated heterocycles. The number of hydrogen-bond acceptors (Lipinski definition) is 3. The maximum atomic E-state index is 11.9. The van der Waals surface area contributed by atoms with E-state index in [1.165, 1.54) is 10.1 Å². The van der Waals surface area contributed by atoms with Crippen molar-refractivity contribution in [2.24, 2.45) is 5.92 Å². The minimum atomic E-state index is -0.157. The number of piperidine rings is 1. The van der Waals surface area contributed by atoms with Crippen molar-refractivity contribution < 1.29 is 9.59 Å². The molecule has 1 aliphatic rings. The highest BCUT2D eigenvalue weighted by atomic mass is 32.1. The predicted octanol–water partition coefficient (Wildman–Crippen LogP) is 3.06. The van der Waals surface area contributed by atoms with Crippen molar-refractivity contribution in [3.63, 3.8) is 0 Å². The molecule has 0 saturated carbocycles. The Kier molecular flexibility index (Phi) is 3.11. The van der Waals surface area contributed by atoms with Gasteiger partial charge in [0.2, 0.25) is 11.8 Å². The standard InChI is InChI=1S/C15H15NO2S/c1-2-9-11(7-14(17)16-15(9)18)12-8-19-13-6-4-3-5-10(12)13/h3-6,8-9,11H,2,7H2,1H3,(H,16,17,18). The highest BCUT2D eigenvalue weighted by Gasteiger charge is 2.36. The molecule has 4 heteroatoms. The van der Waals surface area contributed by atoms with Crippen LogP contribution in [0.3, 0.4) is 0 Å². The van der Waals surface area contributed by atoms with Gasteiger partial charge >= 0.3 is 0 Å². The second-order valence-corrected chi connectivity index (χ2v) is 5.84. The molecule has 2 unspecified atom stereocenters. The van der Waals surface area contributed by atoms with E-state index >= 15 is 0 Å². The first kappa shape index (κ1) is 12.4. The van der Waals surface area contributed by atoms with E-state index in [0.29, 0.717) is 6.42 Å². The zero-order valence-corrected chi connectivity index (χ0v) is 11.5. The predicted molar refractivity (Wildman–Crippen MR) is 76.1 cm³/mol. The molecule has 98 valence electrons. The first-order valence-corrected chi connectivity index (χ1v) is 7.38. The Balaban J connectivity index is 2.08. The van der Waals surface area contributed by atoms with Crippen molar-refractivity contribution in [1.29, 1.82) is 0 Å². The normalized spacial score (nSPS) is 23.6. The topological polar surface area (TPSA) is 46.2 Å². The number of carbonyl (C=O) groups is 2. The summed E-state index contributed by atoms with van der Waals surface area (Å²) in [6.07, 6.45) is 1.17. The van der Waals surface area contributed by atoms with E-state index in [-0.39, 0.29) is 23.7 Å². The Morgan fingerprint density at radius 2 is 2.11 bits per heavy atom. The van der Waals surface area contributed by atoms with Crippen LogP contribution in [0.4, 0.5) is 0 Å². The number of nitrogens with one attached hydrogen (secondary N) is 1. The monoisotopic (exact) mass is 273 g/mol. The summed E-state index contributed by atoms with van der Waals surface area (Å²) in [5, 5.41) is 5.73. The minimum Gasteiger partial charge on any atom is -0.296 e. The van der Waals surface area contributed by atoms with Crippen LogP contribution in [-0.2, 0) is 9.59 Å². The summed E-state index contributed by atoms with van der Waals surface area (Å²) in [7, 11) is 0. The fourth-order valence-corrected chi connectivity index (χ4v) is 3.91. The highest BCUT2D eigenvalue weighted by molar-refractivity contribution is 7.17. The smallest absolute Gasteiger partial charge is 0.230 e. The summed E-state index contributed by atoms with van der Waals surface area (Å²) in [6.45, 7) is 2.00. The average molecular weight is 273 g/mol. The summed E-state index contributed by atoms with van der Waals surface area (Å²) in [4.78, 5) is 23.6. The maximum absolute atomic E-state index is 11.9. The van der Waals surface area contributed by atoms with Gasteiger partial charge in [-0.15, -0.1) is 11.3 Å². The lowest BCUT2D eigenvalue weighted by Crippen LogP contribution is -2.44. The summed E-state index contributed by atoms with van der Waals surface area (Å²) in [5.74, 6) is -0.368. The van der Waals surface area contributed by atoms with Gasteiger partial charge in [0.15, 0.2) is 0 Å². The average Bonchev–Trinajstić information content (AvgIpc) is 2.81. The molecule has 2 heterocycles. The molecule has 0 radical (unpaired) electrons. The van der Waals surface area contributed by atoms with Crippen LogP contribution >= 0.6 is 11.3 Å². The third kappa shape index (κ3) is 2.06. The first-order chi connectivity index (χ1) is 9.20. The Bertz CT molecular complexity index is 646. The van der Waals surface area contributed by atoms with E-state index < -0.39 is 0 Å². The Morgan fingerprint density at radius 3 is 2.89 bits per heavy atom. The van der Waals surface area contributed by atoms with Crippen molar-refractivity contribution >= 4 is 33.2 Å². The van der Waals surface area contributed by atoms with Gasteiger partial charge in [-0.1, -0.05) is 25.1 Å². The van der Waals surface area contributed by atoms with E-state index in [4.69, 9.17) is 0 Å². The second kappa shape index (κ2) is 4.78. The third-order valence-electron chi connectivity index (χ3n) is 3.84. The SMILES string of the molecule is CCC1C(=O)NC(=O)CC1c1csc2ccccc12. The molecule has 0 bridgehead atoms. The van der Waals surface area contributed by atoms with Gasteiger partial charge in [0.25, 0.3) is 0 Å². The summed E-state index contributed by atoms with van der Waals surface area (Å²) in [6, 6.07) is 8.17. The molecule has 2 aromatic rings. The molecule has 1 aliphatic heterocycles. The lowest BCUT2D eigenvalue weighted by molar-refractivity contribution is -0.137. The lowest BCUT2D eigenvalue weighted by atomic mass is 9.79. The van der Waals surface area contributed by atoms with E-state index in [1.807, 2.05) is 19.1 Å². The van der Waals surface area contributed by atoms with Crippen LogP contribution < -0.4 is 5.32 Å². The fourth-order valence-electron chi connectivity index (χ4n) is 2.89. The van der Waals surface area contributed by atoms with Gasteiger partial charge in [0.05, 0.1) is 0 Å². The van der Waals surface area contributed by atoms with Gasteiger partial charge in [-0.05, 0) is 28.8 Å². The van der Waals surface area contributed by atoms with E-state index in [1.54, 1.807) is 11.3 Å². The summed E-state index contributed by atoms with van der Waals surface area (Å²) < 4.78 is 1.21. The van der Waals surface area contributed by atoms with Crippen LogP contribution in [0, 0.1) is 5.92 Å². The molecule has 0 aliphatic carbocycles. The summed E-state index contributed by atoms with van der Waals surface area (Å²) in [5.41, 5.74) is 1.15. The zero-order chi connectivity index (χ0) is 13.4. The molecule has 2 amide bonds. The van der Waals surface area contributed by atoms with Crippen molar-refractivity contribution in [1.82, 2.24) is 5.32 Å². The molecule has 1 aromatic carbocycles. The lowest BCUT2D eigenvalue weighted by Gasteiger charge is -2.29. The molecule has 3 rings (SSSR count). The van der Waals surface area contributed by atoms with Gasteiger partial charge in [-0.25, -0.2) is 0 Å². The van der Waals surface area contributed by atoms with Gasteiger partial charge in [0, 0.05) is 23.0 Å². The van der Waals surface area contributed by atoms with Crippen LogP contribution in [0.15, 0.2) is 29.6 Å². The van der Waals surface area contributed by atoms with Gasteiger partial charge in [-0.2, -0.15) is 0 Å². The number of thiophene rings is 1. The molecule has 2 atom stereocenters. The fraction of sp³-hybridized carbons (Fsp3) is 0.333. The Hall–Kier alpha value is -1.68. The van der Waals surface area contributed by atoms with Gasteiger partial charge < -0.3 is 0 Å². The van der Waals surface area contributed by atoms with Crippen LogP contribution in [0.5, 0.6) is 0 Å². The maximum Gasteiger partial charge on any atom is 0.230 e. The quantitative estimate of drug-likeness (QED) is 0.855. The molecule has 3 nitrogen and oxygen atoms in total. The number of fused-ring (bicyclic) bond motifs is 1.